The molecule has 1 amide bonds. The topological polar surface area (TPSA) is 97.6 Å². The highest BCUT2D eigenvalue weighted by Gasteiger charge is 2.11. The van der Waals surface area contributed by atoms with Crippen LogP contribution in [0.25, 0.3) is 0 Å². The molecule has 0 aliphatic rings. The SMILES string of the molecule is CNc1cc(C(=O)Nc2nnn(C)n2)cc(Cl)n1. The number of carbonyl (C=O) groups is 1. The van der Waals surface area contributed by atoms with E-state index in [1.807, 2.05) is 0 Å². The minimum atomic E-state index is -0.385. The highest BCUT2D eigenvalue weighted by atomic mass is 35.5. The summed E-state index contributed by atoms with van der Waals surface area (Å²) in [7, 11) is 3.29. The molecule has 2 rings (SSSR count). The van der Waals surface area contributed by atoms with Gasteiger partial charge >= 0.3 is 0 Å². The third-order valence-corrected chi connectivity index (χ3v) is 2.24. The molecule has 0 unspecified atom stereocenters. The van der Waals surface area contributed by atoms with Crippen molar-refractivity contribution in [3.8, 4) is 0 Å². The molecule has 0 atom stereocenters. The number of amides is 1. The quantitative estimate of drug-likeness (QED) is 0.788. The lowest BCUT2D eigenvalue weighted by molar-refractivity contribution is 0.102. The number of halogens is 1. The third kappa shape index (κ3) is 2.72. The maximum absolute atomic E-state index is 11.9. The molecule has 2 heterocycles. The molecule has 0 radical (unpaired) electrons. The zero-order valence-electron chi connectivity index (χ0n) is 9.68. The molecule has 0 aliphatic heterocycles. The van der Waals surface area contributed by atoms with E-state index in [9.17, 15) is 4.79 Å². The molecular weight excluding hydrogens is 258 g/mol. The van der Waals surface area contributed by atoms with Gasteiger partial charge in [0.2, 0.25) is 0 Å². The first-order valence-corrected chi connectivity index (χ1v) is 5.37. The molecular formula is C9H10ClN7O. The van der Waals surface area contributed by atoms with Gasteiger partial charge < -0.3 is 5.32 Å². The number of anilines is 2. The summed E-state index contributed by atoms with van der Waals surface area (Å²) in [5.41, 5.74) is 0.354. The Bertz CT molecular complexity index is 582. The molecule has 0 saturated heterocycles. The number of nitrogens with one attached hydrogen (secondary N) is 2. The van der Waals surface area contributed by atoms with Gasteiger partial charge in [0, 0.05) is 12.6 Å². The van der Waals surface area contributed by atoms with Crippen LogP contribution in [0.15, 0.2) is 12.1 Å². The van der Waals surface area contributed by atoms with Gasteiger partial charge in [0.15, 0.2) is 0 Å². The highest BCUT2D eigenvalue weighted by molar-refractivity contribution is 6.30. The fourth-order valence-corrected chi connectivity index (χ4v) is 1.47. The van der Waals surface area contributed by atoms with Crippen LogP contribution in [-0.2, 0) is 7.05 Å². The van der Waals surface area contributed by atoms with Crippen LogP contribution >= 0.6 is 11.6 Å². The molecule has 0 bridgehead atoms. The van der Waals surface area contributed by atoms with Gasteiger partial charge in [0.05, 0.1) is 7.05 Å². The molecule has 9 heteroatoms. The van der Waals surface area contributed by atoms with E-state index in [4.69, 9.17) is 11.6 Å². The van der Waals surface area contributed by atoms with Gasteiger partial charge in [-0.25, -0.2) is 4.98 Å². The molecule has 2 N–H and O–H groups in total. The summed E-state index contributed by atoms with van der Waals surface area (Å²) in [6.45, 7) is 0. The van der Waals surface area contributed by atoms with Crippen LogP contribution in [0.2, 0.25) is 5.15 Å². The monoisotopic (exact) mass is 267 g/mol. The minimum Gasteiger partial charge on any atom is -0.373 e. The van der Waals surface area contributed by atoms with Crippen molar-refractivity contribution in [3.63, 3.8) is 0 Å². The fourth-order valence-electron chi connectivity index (χ4n) is 1.26. The lowest BCUT2D eigenvalue weighted by Crippen LogP contribution is -2.14. The number of pyridine rings is 1. The summed E-state index contributed by atoms with van der Waals surface area (Å²) in [5, 5.41) is 16.6. The van der Waals surface area contributed by atoms with E-state index >= 15 is 0 Å². The van der Waals surface area contributed by atoms with Gasteiger partial charge in [-0.15, -0.1) is 5.10 Å². The molecule has 0 aromatic carbocycles. The normalized spacial score (nSPS) is 10.2. The van der Waals surface area contributed by atoms with E-state index in [-0.39, 0.29) is 17.0 Å². The number of aromatic nitrogens is 5. The number of aryl methyl sites for hydroxylation is 1. The number of tetrazole rings is 1. The smallest absolute Gasteiger partial charge is 0.270 e. The predicted molar refractivity (Wildman–Crippen MR) is 65.5 cm³/mol. The molecule has 2 aromatic heterocycles. The Kier molecular flexibility index (Phi) is 3.38. The average Bonchev–Trinajstić information content (AvgIpc) is 2.73. The summed E-state index contributed by atoms with van der Waals surface area (Å²) in [4.78, 5) is 17.1. The van der Waals surface area contributed by atoms with E-state index in [0.717, 1.165) is 0 Å². The second kappa shape index (κ2) is 4.96. The van der Waals surface area contributed by atoms with Gasteiger partial charge in [0.25, 0.3) is 11.9 Å². The van der Waals surface area contributed by atoms with Crippen molar-refractivity contribution in [2.75, 3.05) is 17.7 Å². The third-order valence-electron chi connectivity index (χ3n) is 2.05. The van der Waals surface area contributed by atoms with Gasteiger partial charge in [0.1, 0.15) is 11.0 Å². The number of hydrogen-bond donors (Lipinski definition) is 2. The van der Waals surface area contributed by atoms with Crippen molar-refractivity contribution in [3.05, 3.63) is 22.8 Å². The summed E-state index contributed by atoms with van der Waals surface area (Å²) in [6, 6.07) is 3.02. The molecule has 0 aliphatic carbocycles. The zero-order valence-corrected chi connectivity index (χ0v) is 10.4. The van der Waals surface area contributed by atoms with E-state index in [1.165, 1.54) is 10.9 Å². The molecule has 0 saturated carbocycles. The van der Waals surface area contributed by atoms with Crippen molar-refractivity contribution in [2.45, 2.75) is 0 Å². The Morgan fingerprint density at radius 3 is 2.83 bits per heavy atom. The van der Waals surface area contributed by atoms with Crippen LogP contribution in [0, 0.1) is 0 Å². The molecule has 94 valence electrons. The largest absolute Gasteiger partial charge is 0.373 e. The number of carbonyl (C=O) groups excluding carboxylic acids is 1. The zero-order chi connectivity index (χ0) is 13.1. The Balaban J connectivity index is 2.20. The Morgan fingerprint density at radius 2 is 2.22 bits per heavy atom. The van der Waals surface area contributed by atoms with Gasteiger partial charge in [-0.05, 0) is 17.3 Å². The van der Waals surface area contributed by atoms with Crippen LogP contribution in [-0.4, -0.2) is 38.1 Å². The standard InChI is InChI=1S/C9H10ClN7O/c1-11-7-4-5(3-6(10)12-7)8(18)13-9-14-16-17(2)15-9/h3-4H,1-2H3,(H,11,12)(H,13,15,18). The number of rotatable bonds is 3. The summed E-state index contributed by atoms with van der Waals surface area (Å²) < 4.78 is 0. The highest BCUT2D eigenvalue weighted by Crippen LogP contribution is 2.14. The van der Waals surface area contributed by atoms with Crippen molar-refractivity contribution in [1.82, 2.24) is 25.2 Å². The fraction of sp³-hybridized carbons (Fsp3) is 0.222. The summed E-state index contributed by atoms with van der Waals surface area (Å²) in [6.07, 6.45) is 0. The van der Waals surface area contributed by atoms with Crippen molar-refractivity contribution in [1.29, 1.82) is 0 Å². The van der Waals surface area contributed by atoms with E-state index in [2.05, 4.69) is 31.0 Å². The molecule has 2 aromatic rings. The van der Waals surface area contributed by atoms with E-state index in [0.29, 0.717) is 11.4 Å². The van der Waals surface area contributed by atoms with Gasteiger partial charge in [-0.3, -0.25) is 10.1 Å². The van der Waals surface area contributed by atoms with Gasteiger partial charge in [-0.2, -0.15) is 4.80 Å². The second-order valence-corrected chi connectivity index (χ2v) is 3.76. The minimum absolute atomic E-state index is 0.126. The first kappa shape index (κ1) is 12.2. The Morgan fingerprint density at radius 1 is 1.44 bits per heavy atom. The average molecular weight is 268 g/mol. The lowest BCUT2D eigenvalue weighted by Gasteiger charge is -2.04. The van der Waals surface area contributed by atoms with Crippen LogP contribution in [0.5, 0.6) is 0 Å². The molecule has 18 heavy (non-hydrogen) atoms. The van der Waals surface area contributed by atoms with Crippen molar-refractivity contribution < 1.29 is 4.79 Å². The summed E-state index contributed by atoms with van der Waals surface area (Å²) >= 11 is 5.80. The first-order valence-electron chi connectivity index (χ1n) is 4.99. The molecule has 0 spiro atoms. The van der Waals surface area contributed by atoms with Crippen LogP contribution in [0.3, 0.4) is 0 Å². The van der Waals surface area contributed by atoms with Crippen molar-refractivity contribution >= 4 is 29.3 Å². The van der Waals surface area contributed by atoms with Crippen molar-refractivity contribution in [2.24, 2.45) is 7.05 Å². The molecule has 0 fully saturated rings. The van der Waals surface area contributed by atoms with Crippen LogP contribution in [0.4, 0.5) is 11.8 Å². The maximum Gasteiger partial charge on any atom is 0.270 e. The van der Waals surface area contributed by atoms with E-state index < -0.39 is 0 Å². The summed E-state index contributed by atoms with van der Waals surface area (Å²) in [5.74, 6) is 0.241. The van der Waals surface area contributed by atoms with E-state index in [1.54, 1.807) is 20.2 Å². The van der Waals surface area contributed by atoms with Crippen LogP contribution in [0.1, 0.15) is 10.4 Å². The maximum atomic E-state index is 11.9. The number of hydrogen-bond acceptors (Lipinski definition) is 6. The number of nitrogens with zero attached hydrogens (tertiary/aromatic N) is 5. The predicted octanol–water partition coefficient (Wildman–Crippen LogP) is 0.552. The van der Waals surface area contributed by atoms with Gasteiger partial charge in [-0.1, -0.05) is 16.7 Å². The lowest BCUT2D eigenvalue weighted by atomic mass is 10.2. The van der Waals surface area contributed by atoms with Crippen LogP contribution < -0.4 is 10.6 Å². The Hall–Kier alpha value is -2.22. The molecule has 8 nitrogen and oxygen atoms in total. The second-order valence-electron chi connectivity index (χ2n) is 3.37. The first-order chi connectivity index (χ1) is 8.58. The Labute approximate surface area is 107 Å².